The maximum Gasteiger partial charge on any atom is 0.339 e. The molecule has 1 aliphatic heterocycles. The molecule has 8 nitrogen and oxygen atoms in total. The molecule has 130 valence electrons. The summed E-state index contributed by atoms with van der Waals surface area (Å²) < 4.78 is 15.5. The fourth-order valence-electron chi connectivity index (χ4n) is 2.12. The number of carbonyl (C=O) groups is 3. The molecule has 0 radical (unpaired) electrons. The van der Waals surface area contributed by atoms with E-state index in [-0.39, 0.29) is 17.9 Å². The van der Waals surface area contributed by atoms with E-state index in [2.05, 4.69) is 5.32 Å². The molecule has 2 aromatic rings. The molecule has 25 heavy (non-hydrogen) atoms. The molecule has 2 amide bonds. The molecule has 0 fully saturated rings. The second kappa shape index (κ2) is 6.81. The van der Waals surface area contributed by atoms with Gasteiger partial charge in [-0.05, 0) is 36.6 Å². The van der Waals surface area contributed by atoms with Gasteiger partial charge in [-0.3, -0.25) is 9.59 Å². The van der Waals surface area contributed by atoms with Crippen LogP contribution in [0, 0.1) is 0 Å². The SMILES string of the molecule is CC(OC(=O)c1ccc2c(c1)OCO2)C(=O)Nc1sccc1C(N)=O. The van der Waals surface area contributed by atoms with Gasteiger partial charge < -0.3 is 25.3 Å². The predicted octanol–water partition coefficient (Wildman–Crippen LogP) is 1.76. The summed E-state index contributed by atoms with van der Waals surface area (Å²) >= 11 is 1.15. The Balaban J connectivity index is 1.64. The number of hydrogen-bond donors (Lipinski definition) is 2. The number of fused-ring (bicyclic) bond motifs is 1. The lowest BCUT2D eigenvalue weighted by Gasteiger charge is -2.13. The molecule has 0 saturated heterocycles. The molecular weight excluding hydrogens is 348 g/mol. The standard InChI is InChI=1S/C16H14N2O6S/c1-8(14(20)18-15-10(13(17)19)4-5-25-15)24-16(21)9-2-3-11-12(6-9)23-7-22-11/h2-6,8H,7H2,1H3,(H2,17,19)(H,18,20). The number of hydrogen-bond acceptors (Lipinski definition) is 7. The van der Waals surface area contributed by atoms with Crippen LogP contribution < -0.4 is 20.5 Å². The normalized spacial score (nSPS) is 13.2. The fraction of sp³-hybridized carbons (Fsp3) is 0.188. The van der Waals surface area contributed by atoms with Crippen molar-refractivity contribution in [3.05, 3.63) is 40.8 Å². The summed E-state index contributed by atoms with van der Waals surface area (Å²) in [5, 5.41) is 4.46. The number of amides is 2. The summed E-state index contributed by atoms with van der Waals surface area (Å²) in [7, 11) is 0. The third-order valence-corrected chi connectivity index (χ3v) is 4.26. The summed E-state index contributed by atoms with van der Waals surface area (Å²) in [6, 6.07) is 6.10. The van der Waals surface area contributed by atoms with Gasteiger partial charge in [0.25, 0.3) is 11.8 Å². The van der Waals surface area contributed by atoms with E-state index in [9.17, 15) is 14.4 Å². The molecule has 0 aliphatic carbocycles. The van der Waals surface area contributed by atoms with Gasteiger partial charge in [0.2, 0.25) is 6.79 Å². The zero-order chi connectivity index (χ0) is 18.0. The number of ether oxygens (including phenoxy) is 3. The van der Waals surface area contributed by atoms with Gasteiger partial charge in [0, 0.05) is 0 Å². The van der Waals surface area contributed by atoms with E-state index in [4.69, 9.17) is 19.9 Å². The second-order valence-electron chi connectivity index (χ2n) is 5.13. The van der Waals surface area contributed by atoms with Crippen LogP contribution in [-0.2, 0) is 9.53 Å². The highest BCUT2D eigenvalue weighted by molar-refractivity contribution is 7.14. The summed E-state index contributed by atoms with van der Waals surface area (Å²) in [6.07, 6.45) is -1.07. The number of rotatable bonds is 5. The van der Waals surface area contributed by atoms with Crippen LogP contribution in [0.3, 0.4) is 0 Å². The highest BCUT2D eigenvalue weighted by atomic mass is 32.1. The molecule has 1 aliphatic rings. The molecule has 1 aromatic carbocycles. The van der Waals surface area contributed by atoms with Crippen LogP contribution in [0.4, 0.5) is 5.00 Å². The first-order valence-corrected chi connectivity index (χ1v) is 8.12. The summed E-state index contributed by atoms with van der Waals surface area (Å²) in [5.41, 5.74) is 5.66. The number of esters is 1. The first-order valence-electron chi connectivity index (χ1n) is 7.24. The van der Waals surface area contributed by atoms with Gasteiger partial charge in [0.15, 0.2) is 17.6 Å². The van der Waals surface area contributed by atoms with Crippen LogP contribution in [-0.4, -0.2) is 30.7 Å². The van der Waals surface area contributed by atoms with E-state index in [0.29, 0.717) is 16.5 Å². The predicted molar refractivity (Wildman–Crippen MR) is 88.9 cm³/mol. The van der Waals surface area contributed by atoms with E-state index in [0.717, 1.165) is 11.3 Å². The fourth-order valence-corrected chi connectivity index (χ4v) is 2.91. The Kier molecular flexibility index (Phi) is 4.57. The Labute approximate surface area is 146 Å². The summed E-state index contributed by atoms with van der Waals surface area (Å²) in [5.74, 6) is -0.918. The zero-order valence-corrected chi connectivity index (χ0v) is 13.9. The number of nitrogens with two attached hydrogens (primary N) is 1. The Hall–Kier alpha value is -3.07. The van der Waals surface area contributed by atoms with E-state index < -0.39 is 23.9 Å². The van der Waals surface area contributed by atoms with Crippen molar-refractivity contribution in [3.63, 3.8) is 0 Å². The lowest BCUT2D eigenvalue weighted by atomic mass is 10.2. The second-order valence-corrected chi connectivity index (χ2v) is 6.05. The van der Waals surface area contributed by atoms with Crippen LogP contribution in [0.5, 0.6) is 11.5 Å². The topological polar surface area (TPSA) is 117 Å². The van der Waals surface area contributed by atoms with E-state index in [1.807, 2.05) is 0 Å². The number of thiophene rings is 1. The summed E-state index contributed by atoms with van der Waals surface area (Å²) in [6.45, 7) is 1.52. The minimum Gasteiger partial charge on any atom is -0.454 e. The van der Waals surface area contributed by atoms with Crippen LogP contribution >= 0.6 is 11.3 Å². The van der Waals surface area contributed by atoms with Crippen LogP contribution in [0.2, 0.25) is 0 Å². The van der Waals surface area contributed by atoms with Crippen molar-refractivity contribution in [1.29, 1.82) is 0 Å². The van der Waals surface area contributed by atoms with Gasteiger partial charge in [0.05, 0.1) is 11.1 Å². The van der Waals surface area contributed by atoms with Gasteiger partial charge >= 0.3 is 5.97 Å². The van der Waals surface area contributed by atoms with Crippen LogP contribution in [0.1, 0.15) is 27.6 Å². The first-order chi connectivity index (χ1) is 12.0. The zero-order valence-electron chi connectivity index (χ0n) is 13.1. The number of anilines is 1. The number of benzene rings is 1. The minimum atomic E-state index is -1.07. The lowest BCUT2D eigenvalue weighted by Crippen LogP contribution is -2.30. The third-order valence-electron chi connectivity index (χ3n) is 3.43. The van der Waals surface area contributed by atoms with Crippen molar-refractivity contribution in [3.8, 4) is 11.5 Å². The molecular formula is C16H14N2O6S. The van der Waals surface area contributed by atoms with E-state index in [1.54, 1.807) is 11.4 Å². The molecule has 0 bridgehead atoms. The van der Waals surface area contributed by atoms with Crippen molar-refractivity contribution >= 4 is 34.1 Å². The molecule has 3 N–H and O–H groups in total. The first kappa shape index (κ1) is 16.8. The molecule has 0 spiro atoms. The molecule has 1 aromatic heterocycles. The molecule has 3 rings (SSSR count). The van der Waals surface area contributed by atoms with Gasteiger partial charge in [-0.1, -0.05) is 0 Å². The summed E-state index contributed by atoms with van der Waals surface area (Å²) in [4.78, 5) is 35.6. The average Bonchev–Trinajstić information content (AvgIpc) is 3.22. The third kappa shape index (κ3) is 3.56. The highest BCUT2D eigenvalue weighted by Gasteiger charge is 2.23. The monoisotopic (exact) mass is 362 g/mol. The average molecular weight is 362 g/mol. The Morgan fingerprint density at radius 3 is 2.76 bits per heavy atom. The number of carbonyl (C=O) groups excluding carboxylic acids is 3. The minimum absolute atomic E-state index is 0.0929. The molecule has 0 saturated carbocycles. The Morgan fingerprint density at radius 1 is 1.24 bits per heavy atom. The molecule has 9 heteroatoms. The maximum atomic E-state index is 12.2. The molecule has 1 unspecified atom stereocenters. The van der Waals surface area contributed by atoms with Gasteiger partial charge in [-0.25, -0.2) is 4.79 Å². The Morgan fingerprint density at radius 2 is 2.00 bits per heavy atom. The van der Waals surface area contributed by atoms with E-state index in [1.165, 1.54) is 25.1 Å². The van der Waals surface area contributed by atoms with Gasteiger partial charge in [-0.2, -0.15) is 0 Å². The van der Waals surface area contributed by atoms with E-state index >= 15 is 0 Å². The van der Waals surface area contributed by atoms with Crippen molar-refractivity contribution in [1.82, 2.24) is 0 Å². The van der Waals surface area contributed by atoms with Crippen molar-refractivity contribution in [2.75, 3.05) is 12.1 Å². The smallest absolute Gasteiger partial charge is 0.339 e. The largest absolute Gasteiger partial charge is 0.454 e. The number of primary amides is 1. The van der Waals surface area contributed by atoms with Crippen LogP contribution in [0.25, 0.3) is 0 Å². The van der Waals surface area contributed by atoms with Crippen LogP contribution in [0.15, 0.2) is 29.6 Å². The van der Waals surface area contributed by atoms with Crippen molar-refractivity contribution < 1.29 is 28.6 Å². The lowest BCUT2D eigenvalue weighted by molar-refractivity contribution is -0.123. The number of nitrogens with one attached hydrogen (secondary N) is 1. The van der Waals surface area contributed by atoms with Crippen molar-refractivity contribution in [2.24, 2.45) is 5.73 Å². The molecule has 1 atom stereocenters. The van der Waals surface area contributed by atoms with Gasteiger partial charge in [0.1, 0.15) is 5.00 Å². The highest BCUT2D eigenvalue weighted by Crippen LogP contribution is 2.32. The van der Waals surface area contributed by atoms with Gasteiger partial charge in [-0.15, -0.1) is 11.3 Å². The maximum absolute atomic E-state index is 12.2. The molecule has 2 heterocycles. The van der Waals surface area contributed by atoms with Crippen molar-refractivity contribution in [2.45, 2.75) is 13.0 Å². The quantitative estimate of drug-likeness (QED) is 0.783. The Bertz CT molecular complexity index is 847.